The molecule has 1 aromatic heterocycles. The molecule has 0 aliphatic rings. The molecule has 1 N–H and O–H groups in total. The minimum Gasteiger partial charge on any atom is -0.483 e. The van der Waals surface area contributed by atoms with E-state index in [4.69, 9.17) is 16.3 Å². The monoisotopic (exact) mass is 434 g/mol. The van der Waals surface area contributed by atoms with E-state index in [-0.39, 0.29) is 12.5 Å². The van der Waals surface area contributed by atoms with Crippen LogP contribution < -0.4 is 10.1 Å². The molecule has 0 saturated carbocycles. The Balaban J connectivity index is 1.46. The average Bonchev–Trinajstić information content (AvgIpc) is 3.15. The van der Waals surface area contributed by atoms with Gasteiger partial charge >= 0.3 is 0 Å². The first kappa shape index (κ1) is 20.9. The van der Waals surface area contributed by atoms with Crippen molar-refractivity contribution in [2.24, 2.45) is 0 Å². The van der Waals surface area contributed by atoms with E-state index < -0.39 is 0 Å². The Hall–Kier alpha value is -3.38. The van der Waals surface area contributed by atoms with Crippen LogP contribution in [0.4, 0.5) is 5.69 Å². The Labute approximate surface area is 185 Å². The van der Waals surface area contributed by atoms with Crippen molar-refractivity contribution in [1.82, 2.24) is 15.0 Å². The molecule has 0 atom stereocenters. The molecule has 0 unspecified atom stereocenters. The third kappa shape index (κ3) is 4.86. The molecule has 31 heavy (non-hydrogen) atoms. The number of aryl methyl sites for hydroxylation is 1. The molecule has 4 rings (SSSR count). The van der Waals surface area contributed by atoms with Gasteiger partial charge in [0.1, 0.15) is 16.8 Å². The summed E-state index contributed by atoms with van der Waals surface area (Å²) in [6.45, 7) is 6.13. The number of carbonyl (C=O) groups excluding carboxylic acids is 1. The van der Waals surface area contributed by atoms with Crippen molar-refractivity contribution < 1.29 is 9.53 Å². The van der Waals surface area contributed by atoms with Crippen molar-refractivity contribution in [2.75, 3.05) is 11.9 Å². The highest BCUT2D eigenvalue weighted by molar-refractivity contribution is 6.30. The number of halogens is 1. The van der Waals surface area contributed by atoms with Crippen molar-refractivity contribution in [3.05, 3.63) is 76.8 Å². The van der Waals surface area contributed by atoms with Crippen LogP contribution in [0.1, 0.15) is 30.9 Å². The Morgan fingerprint density at radius 2 is 1.87 bits per heavy atom. The molecule has 1 heterocycles. The number of aromatic nitrogens is 3. The van der Waals surface area contributed by atoms with Crippen LogP contribution in [-0.2, 0) is 4.79 Å². The largest absolute Gasteiger partial charge is 0.483 e. The molecule has 1 amide bonds. The Morgan fingerprint density at radius 3 is 2.65 bits per heavy atom. The van der Waals surface area contributed by atoms with E-state index in [0.29, 0.717) is 22.1 Å². The third-order valence-electron chi connectivity index (χ3n) is 4.85. The predicted molar refractivity (Wildman–Crippen MR) is 123 cm³/mol. The Kier molecular flexibility index (Phi) is 5.91. The Bertz CT molecular complexity index is 1250. The van der Waals surface area contributed by atoms with E-state index in [9.17, 15) is 4.79 Å². The molecule has 3 aromatic carbocycles. The van der Waals surface area contributed by atoms with Crippen LogP contribution in [0.15, 0.2) is 60.7 Å². The van der Waals surface area contributed by atoms with Gasteiger partial charge in [-0.25, -0.2) is 0 Å². The topological polar surface area (TPSA) is 69.0 Å². The van der Waals surface area contributed by atoms with Gasteiger partial charge in [0, 0.05) is 10.7 Å². The molecule has 158 valence electrons. The van der Waals surface area contributed by atoms with Gasteiger partial charge < -0.3 is 10.1 Å². The van der Waals surface area contributed by atoms with E-state index in [0.717, 1.165) is 28.1 Å². The normalized spacial score (nSPS) is 11.1. The maximum atomic E-state index is 12.5. The van der Waals surface area contributed by atoms with Crippen LogP contribution in [0.2, 0.25) is 5.02 Å². The number of ether oxygens (including phenoxy) is 1. The first-order valence-corrected chi connectivity index (χ1v) is 10.4. The van der Waals surface area contributed by atoms with Gasteiger partial charge in [0.25, 0.3) is 5.91 Å². The lowest BCUT2D eigenvalue weighted by molar-refractivity contribution is -0.118. The van der Waals surface area contributed by atoms with Crippen LogP contribution in [0.5, 0.6) is 5.75 Å². The summed E-state index contributed by atoms with van der Waals surface area (Å²) in [5.74, 6) is 0.811. The highest BCUT2D eigenvalue weighted by Gasteiger charge is 2.12. The highest BCUT2D eigenvalue weighted by Crippen LogP contribution is 2.27. The minimum absolute atomic E-state index is 0.0730. The Morgan fingerprint density at radius 1 is 1.06 bits per heavy atom. The van der Waals surface area contributed by atoms with E-state index in [1.165, 1.54) is 4.80 Å². The summed E-state index contributed by atoms with van der Waals surface area (Å²) < 4.78 is 5.82. The van der Waals surface area contributed by atoms with Crippen LogP contribution in [0.3, 0.4) is 0 Å². The molecule has 0 radical (unpaired) electrons. The van der Waals surface area contributed by atoms with Gasteiger partial charge in [-0.3, -0.25) is 4.79 Å². The lowest BCUT2D eigenvalue weighted by Gasteiger charge is -2.14. The highest BCUT2D eigenvalue weighted by atomic mass is 35.5. The fraction of sp³-hybridized carbons (Fsp3) is 0.208. The smallest absolute Gasteiger partial charge is 0.262 e. The standard InChI is InChI=1S/C24H23ClN4O2/c1-15(2)20-9-7-16(3)11-23(20)31-14-24(30)26-18-8-10-21-22(13-18)28-29(27-21)19-6-4-5-17(25)12-19/h4-13,15H,14H2,1-3H3,(H,26,30). The fourth-order valence-corrected chi connectivity index (χ4v) is 3.48. The number of nitrogens with one attached hydrogen (secondary N) is 1. The zero-order valence-electron chi connectivity index (χ0n) is 17.6. The first-order valence-electron chi connectivity index (χ1n) is 10.1. The quantitative estimate of drug-likeness (QED) is 0.433. The number of rotatable bonds is 6. The molecular weight excluding hydrogens is 412 g/mol. The average molecular weight is 435 g/mol. The zero-order chi connectivity index (χ0) is 22.0. The van der Waals surface area contributed by atoms with Crippen LogP contribution >= 0.6 is 11.6 Å². The number of fused-ring (bicyclic) bond motifs is 1. The lowest BCUT2D eigenvalue weighted by atomic mass is 10.0. The zero-order valence-corrected chi connectivity index (χ0v) is 18.3. The second-order valence-electron chi connectivity index (χ2n) is 7.71. The first-order chi connectivity index (χ1) is 14.9. The molecule has 7 heteroatoms. The number of hydrogen-bond acceptors (Lipinski definition) is 4. The summed E-state index contributed by atoms with van der Waals surface area (Å²) in [5, 5.41) is 12.4. The summed E-state index contributed by atoms with van der Waals surface area (Å²) >= 11 is 6.06. The fourth-order valence-electron chi connectivity index (χ4n) is 3.29. The van der Waals surface area contributed by atoms with E-state index in [2.05, 4.69) is 29.4 Å². The molecule has 0 aliphatic carbocycles. The van der Waals surface area contributed by atoms with Gasteiger partial charge in [-0.15, -0.1) is 10.2 Å². The molecule has 0 bridgehead atoms. The van der Waals surface area contributed by atoms with Gasteiger partial charge in [-0.05, 0) is 66.4 Å². The van der Waals surface area contributed by atoms with Gasteiger partial charge in [-0.1, -0.05) is 43.6 Å². The van der Waals surface area contributed by atoms with Crippen molar-refractivity contribution in [3.8, 4) is 11.4 Å². The minimum atomic E-state index is -0.238. The second kappa shape index (κ2) is 8.78. The van der Waals surface area contributed by atoms with Crippen LogP contribution in [0.25, 0.3) is 16.7 Å². The maximum Gasteiger partial charge on any atom is 0.262 e. The van der Waals surface area contributed by atoms with Crippen molar-refractivity contribution in [1.29, 1.82) is 0 Å². The van der Waals surface area contributed by atoms with E-state index >= 15 is 0 Å². The summed E-state index contributed by atoms with van der Waals surface area (Å²) in [6, 6.07) is 18.8. The summed E-state index contributed by atoms with van der Waals surface area (Å²) in [7, 11) is 0. The predicted octanol–water partition coefficient (Wildman–Crippen LogP) is 5.52. The second-order valence-corrected chi connectivity index (χ2v) is 8.14. The number of nitrogens with zero attached hydrogens (tertiary/aromatic N) is 3. The SMILES string of the molecule is Cc1ccc(C(C)C)c(OCC(=O)Nc2ccc3nn(-c4cccc(Cl)c4)nc3c2)c1. The number of anilines is 1. The van der Waals surface area contributed by atoms with Crippen molar-refractivity contribution in [2.45, 2.75) is 26.7 Å². The maximum absolute atomic E-state index is 12.5. The van der Waals surface area contributed by atoms with Crippen LogP contribution in [0, 0.1) is 6.92 Å². The number of amides is 1. The molecule has 4 aromatic rings. The summed E-state index contributed by atoms with van der Waals surface area (Å²) in [6.07, 6.45) is 0. The molecule has 6 nitrogen and oxygen atoms in total. The lowest BCUT2D eigenvalue weighted by Crippen LogP contribution is -2.20. The number of benzene rings is 3. The van der Waals surface area contributed by atoms with Gasteiger partial charge in [-0.2, -0.15) is 4.80 Å². The van der Waals surface area contributed by atoms with E-state index in [1.54, 1.807) is 24.3 Å². The van der Waals surface area contributed by atoms with Crippen LogP contribution in [-0.4, -0.2) is 27.5 Å². The van der Waals surface area contributed by atoms with E-state index in [1.807, 2.05) is 43.3 Å². The van der Waals surface area contributed by atoms with Gasteiger partial charge in [0.2, 0.25) is 0 Å². The van der Waals surface area contributed by atoms with Gasteiger partial charge in [0.05, 0.1) is 5.69 Å². The van der Waals surface area contributed by atoms with Crippen molar-refractivity contribution in [3.63, 3.8) is 0 Å². The summed E-state index contributed by atoms with van der Waals surface area (Å²) in [5.41, 5.74) is 4.95. The molecule has 0 spiro atoms. The molecule has 0 saturated heterocycles. The molecule has 0 aliphatic heterocycles. The number of hydrogen-bond donors (Lipinski definition) is 1. The molecule has 0 fully saturated rings. The summed E-state index contributed by atoms with van der Waals surface area (Å²) in [4.78, 5) is 14.0. The van der Waals surface area contributed by atoms with Crippen molar-refractivity contribution >= 4 is 34.2 Å². The van der Waals surface area contributed by atoms with Gasteiger partial charge in [0.15, 0.2) is 6.61 Å². The molecular formula is C24H23ClN4O2. The number of carbonyl (C=O) groups is 1. The third-order valence-corrected chi connectivity index (χ3v) is 5.09.